The molecule has 9 heteroatoms. The van der Waals surface area contributed by atoms with Crippen molar-refractivity contribution < 1.29 is 17.6 Å². The number of amides is 1. The van der Waals surface area contributed by atoms with Crippen molar-refractivity contribution in [1.29, 1.82) is 0 Å². The van der Waals surface area contributed by atoms with Crippen LogP contribution in [0.3, 0.4) is 0 Å². The van der Waals surface area contributed by atoms with E-state index in [0.717, 1.165) is 30.0 Å². The van der Waals surface area contributed by atoms with Gasteiger partial charge in [-0.2, -0.15) is 0 Å². The average molecular weight is 434 g/mol. The third-order valence-electron chi connectivity index (χ3n) is 4.03. The number of anilines is 2. The molecule has 1 heterocycles. The lowest BCUT2D eigenvalue weighted by Crippen LogP contribution is -2.19. The lowest BCUT2D eigenvalue weighted by atomic mass is 9.93. The number of hydrogen-bond donors (Lipinski definition) is 2. The van der Waals surface area contributed by atoms with Gasteiger partial charge in [-0.15, -0.1) is 11.3 Å². The first-order chi connectivity index (χ1) is 13.6. The van der Waals surface area contributed by atoms with Crippen LogP contribution in [-0.2, 0) is 15.4 Å². The third kappa shape index (κ3) is 4.99. The van der Waals surface area contributed by atoms with E-state index >= 15 is 0 Å². The molecule has 1 aromatic heterocycles. The number of nitrogens with one attached hydrogen (secondary N) is 2. The summed E-state index contributed by atoms with van der Waals surface area (Å²) in [5.41, 5.74) is 0.957. The van der Waals surface area contributed by atoms with Crippen molar-refractivity contribution in [2.24, 2.45) is 0 Å². The minimum Gasteiger partial charge on any atom is -0.298 e. The molecule has 152 valence electrons. The van der Waals surface area contributed by atoms with E-state index in [4.69, 9.17) is 0 Å². The molecule has 6 nitrogen and oxygen atoms in total. The smallest absolute Gasteiger partial charge is 0.261 e. The highest BCUT2D eigenvalue weighted by Crippen LogP contribution is 2.27. The van der Waals surface area contributed by atoms with Gasteiger partial charge in [0.2, 0.25) is 0 Å². The van der Waals surface area contributed by atoms with Crippen LogP contribution in [0.25, 0.3) is 0 Å². The van der Waals surface area contributed by atoms with Gasteiger partial charge in [0.1, 0.15) is 5.82 Å². The molecule has 0 bridgehead atoms. The van der Waals surface area contributed by atoms with Crippen LogP contribution in [0.5, 0.6) is 0 Å². The predicted octanol–water partition coefficient (Wildman–Crippen LogP) is 4.63. The van der Waals surface area contributed by atoms with Gasteiger partial charge in [-0.25, -0.2) is 17.8 Å². The summed E-state index contributed by atoms with van der Waals surface area (Å²) < 4.78 is 40.6. The Hall–Kier alpha value is -2.78. The van der Waals surface area contributed by atoms with E-state index in [1.807, 2.05) is 26.2 Å². The quantitative estimate of drug-likeness (QED) is 0.614. The Morgan fingerprint density at radius 3 is 2.34 bits per heavy atom. The summed E-state index contributed by atoms with van der Waals surface area (Å²) in [6.07, 6.45) is 0. The highest BCUT2D eigenvalue weighted by molar-refractivity contribution is 7.92. The molecule has 2 aromatic carbocycles. The van der Waals surface area contributed by atoms with Gasteiger partial charge in [-0.3, -0.25) is 14.8 Å². The molecule has 0 atom stereocenters. The summed E-state index contributed by atoms with van der Waals surface area (Å²) in [5.74, 6) is -1.03. The van der Waals surface area contributed by atoms with Crippen LogP contribution in [0.4, 0.5) is 15.2 Å². The standard InChI is InChI=1S/C20H20FN3O3S2/c1-20(2,3)17-12-28-19(22-17)23-18(25)15-6-4-5-7-16(15)24-29(26,27)14-10-8-13(21)9-11-14/h4-12,24H,1-3H3,(H,22,23,25). The Bertz CT molecular complexity index is 1130. The van der Waals surface area contributed by atoms with Crippen LogP contribution >= 0.6 is 11.3 Å². The first-order valence-electron chi connectivity index (χ1n) is 8.71. The van der Waals surface area contributed by atoms with Crippen LogP contribution in [-0.4, -0.2) is 19.3 Å². The number of para-hydroxylation sites is 1. The maximum Gasteiger partial charge on any atom is 0.261 e. The van der Waals surface area contributed by atoms with E-state index in [1.165, 1.54) is 23.5 Å². The fourth-order valence-corrected chi connectivity index (χ4v) is 4.44. The van der Waals surface area contributed by atoms with Crippen molar-refractivity contribution >= 4 is 38.1 Å². The Balaban J connectivity index is 1.84. The van der Waals surface area contributed by atoms with Crippen molar-refractivity contribution in [3.05, 3.63) is 71.0 Å². The lowest BCUT2D eigenvalue weighted by Gasteiger charge is -2.14. The number of rotatable bonds is 5. The Morgan fingerprint density at radius 1 is 1.07 bits per heavy atom. The van der Waals surface area contributed by atoms with Gasteiger partial charge >= 0.3 is 0 Å². The molecule has 0 spiro atoms. The number of halogens is 1. The average Bonchev–Trinajstić information content (AvgIpc) is 3.11. The Labute approximate surface area is 172 Å². The molecule has 0 saturated carbocycles. The minimum atomic E-state index is -3.98. The van der Waals surface area contributed by atoms with Crippen molar-refractivity contribution in [2.45, 2.75) is 31.1 Å². The third-order valence-corrected chi connectivity index (χ3v) is 6.17. The minimum absolute atomic E-state index is 0.108. The number of hydrogen-bond acceptors (Lipinski definition) is 5. The highest BCUT2D eigenvalue weighted by atomic mass is 32.2. The van der Waals surface area contributed by atoms with Crippen molar-refractivity contribution in [3.8, 4) is 0 Å². The number of sulfonamides is 1. The number of carbonyl (C=O) groups excluding carboxylic acids is 1. The molecule has 0 aliphatic carbocycles. The summed E-state index contributed by atoms with van der Waals surface area (Å²) in [7, 11) is -3.98. The SMILES string of the molecule is CC(C)(C)c1csc(NC(=O)c2ccccc2NS(=O)(=O)c2ccc(F)cc2)n1. The molecule has 3 aromatic rings. The highest BCUT2D eigenvalue weighted by Gasteiger charge is 2.21. The Morgan fingerprint density at radius 2 is 1.72 bits per heavy atom. The normalized spacial score (nSPS) is 11.9. The van der Waals surface area contributed by atoms with Crippen LogP contribution in [0, 0.1) is 5.82 Å². The molecular weight excluding hydrogens is 413 g/mol. The van der Waals surface area contributed by atoms with Gasteiger partial charge in [0.25, 0.3) is 15.9 Å². The van der Waals surface area contributed by atoms with E-state index in [2.05, 4.69) is 15.0 Å². The van der Waals surface area contributed by atoms with Gasteiger partial charge in [-0.05, 0) is 36.4 Å². The summed E-state index contributed by atoms with van der Waals surface area (Å²) >= 11 is 1.30. The van der Waals surface area contributed by atoms with Gasteiger partial charge in [0.15, 0.2) is 5.13 Å². The monoisotopic (exact) mass is 433 g/mol. The fourth-order valence-electron chi connectivity index (χ4n) is 2.43. The Kier molecular flexibility index (Phi) is 5.72. The molecule has 0 aliphatic heterocycles. The second-order valence-electron chi connectivity index (χ2n) is 7.35. The van der Waals surface area contributed by atoms with Crippen molar-refractivity contribution in [1.82, 2.24) is 4.98 Å². The van der Waals surface area contributed by atoms with E-state index in [1.54, 1.807) is 12.1 Å². The molecule has 0 fully saturated rings. The van der Waals surface area contributed by atoms with Crippen LogP contribution in [0.15, 0.2) is 58.8 Å². The molecule has 0 radical (unpaired) electrons. The van der Waals surface area contributed by atoms with Crippen LogP contribution in [0.1, 0.15) is 36.8 Å². The number of aromatic nitrogens is 1. The molecule has 1 amide bonds. The fraction of sp³-hybridized carbons (Fsp3) is 0.200. The zero-order valence-corrected chi connectivity index (χ0v) is 17.7. The largest absolute Gasteiger partial charge is 0.298 e. The number of nitrogens with zero attached hydrogens (tertiary/aromatic N) is 1. The van der Waals surface area contributed by atoms with Crippen molar-refractivity contribution in [3.63, 3.8) is 0 Å². The first-order valence-corrected chi connectivity index (χ1v) is 11.1. The number of thiazole rings is 1. The van der Waals surface area contributed by atoms with Gasteiger partial charge in [0.05, 0.1) is 21.8 Å². The van der Waals surface area contributed by atoms with Crippen LogP contribution in [0.2, 0.25) is 0 Å². The first kappa shape index (κ1) is 20.9. The number of carbonyl (C=O) groups is 1. The predicted molar refractivity (Wildman–Crippen MR) is 112 cm³/mol. The van der Waals surface area contributed by atoms with Gasteiger partial charge < -0.3 is 0 Å². The van der Waals surface area contributed by atoms with Gasteiger partial charge in [-0.1, -0.05) is 32.9 Å². The summed E-state index contributed by atoms with van der Waals surface area (Å²) in [4.78, 5) is 17.0. The molecular formula is C20H20FN3O3S2. The zero-order chi connectivity index (χ0) is 21.2. The number of benzene rings is 2. The molecule has 29 heavy (non-hydrogen) atoms. The van der Waals surface area contributed by atoms with Gasteiger partial charge in [0, 0.05) is 10.8 Å². The summed E-state index contributed by atoms with van der Waals surface area (Å²) in [6, 6.07) is 10.7. The zero-order valence-electron chi connectivity index (χ0n) is 16.1. The molecule has 0 aliphatic rings. The van der Waals surface area contributed by atoms with E-state index < -0.39 is 21.7 Å². The van der Waals surface area contributed by atoms with E-state index in [-0.39, 0.29) is 21.6 Å². The summed E-state index contributed by atoms with van der Waals surface area (Å²) in [5, 5.41) is 5.01. The molecule has 0 saturated heterocycles. The lowest BCUT2D eigenvalue weighted by molar-refractivity contribution is 0.102. The maximum atomic E-state index is 13.1. The van der Waals surface area contributed by atoms with Crippen molar-refractivity contribution in [2.75, 3.05) is 10.0 Å². The van der Waals surface area contributed by atoms with Crippen LogP contribution < -0.4 is 10.0 Å². The van der Waals surface area contributed by atoms with E-state index in [0.29, 0.717) is 5.13 Å². The van der Waals surface area contributed by atoms with E-state index in [9.17, 15) is 17.6 Å². The maximum absolute atomic E-state index is 13.1. The second kappa shape index (κ2) is 7.92. The topological polar surface area (TPSA) is 88.2 Å². The molecule has 0 unspecified atom stereocenters. The molecule has 2 N–H and O–H groups in total. The summed E-state index contributed by atoms with van der Waals surface area (Å²) in [6.45, 7) is 6.06. The molecule has 3 rings (SSSR count). The second-order valence-corrected chi connectivity index (χ2v) is 9.89.